The minimum absolute atomic E-state index is 0.0974. The molecule has 0 aliphatic heterocycles. The van der Waals surface area contributed by atoms with Gasteiger partial charge in [-0.25, -0.2) is 12.8 Å². The van der Waals surface area contributed by atoms with Gasteiger partial charge in [-0.2, -0.15) is 0 Å². The van der Waals surface area contributed by atoms with Crippen molar-refractivity contribution in [2.75, 3.05) is 23.7 Å². The van der Waals surface area contributed by atoms with Crippen LogP contribution in [0.1, 0.15) is 25.3 Å². The van der Waals surface area contributed by atoms with Gasteiger partial charge in [-0.3, -0.25) is 9.10 Å². The second-order valence-corrected chi connectivity index (χ2v) is 8.14. The zero-order valence-corrected chi connectivity index (χ0v) is 16.8. The molecule has 1 N–H and O–H groups in total. The third kappa shape index (κ3) is 6.53. The molecule has 0 radical (unpaired) electrons. The number of carbonyl (C=O) groups excluding carboxylic acids is 1. The third-order valence-electron chi connectivity index (χ3n) is 4.03. The highest BCUT2D eigenvalue weighted by atomic mass is 32.2. The lowest BCUT2D eigenvalue weighted by atomic mass is 10.2. The molecule has 1 amide bonds. The number of nitrogens with one attached hydrogen (secondary N) is 1. The average Bonchev–Trinajstić information content (AvgIpc) is 2.65. The topological polar surface area (TPSA) is 75.7 Å². The lowest BCUT2D eigenvalue weighted by Crippen LogP contribution is -2.32. The normalized spacial score (nSPS) is 11.1. The molecule has 6 nitrogen and oxygen atoms in total. The van der Waals surface area contributed by atoms with Crippen LogP contribution in [0, 0.1) is 5.82 Å². The number of hydrogen-bond acceptors (Lipinski definition) is 4. The van der Waals surface area contributed by atoms with E-state index in [2.05, 4.69) is 5.32 Å². The molecule has 28 heavy (non-hydrogen) atoms. The van der Waals surface area contributed by atoms with E-state index in [0.29, 0.717) is 30.0 Å². The molecule has 8 heteroatoms. The number of amides is 1. The highest BCUT2D eigenvalue weighted by molar-refractivity contribution is 7.92. The second-order valence-electron chi connectivity index (χ2n) is 6.23. The van der Waals surface area contributed by atoms with Crippen molar-refractivity contribution >= 4 is 21.6 Å². The summed E-state index contributed by atoms with van der Waals surface area (Å²) in [6, 6.07) is 13.0. The summed E-state index contributed by atoms with van der Waals surface area (Å²) in [6.07, 6.45) is 1.60. The number of anilines is 1. The number of nitrogens with zero attached hydrogens (tertiary/aromatic N) is 1. The van der Waals surface area contributed by atoms with Gasteiger partial charge in [0.25, 0.3) is 0 Å². The Labute approximate surface area is 165 Å². The average molecular weight is 408 g/mol. The molecular weight excluding hydrogens is 383 g/mol. The summed E-state index contributed by atoms with van der Waals surface area (Å²) in [6.45, 7) is 2.66. The van der Waals surface area contributed by atoms with Crippen LogP contribution in [0.2, 0.25) is 0 Å². The quantitative estimate of drug-likeness (QED) is 0.656. The summed E-state index contributed by atoms with van der Waals surface area (Å²) in [7, 11) is -3.49. The van der Waals surface area contributed by atoms with Gasteiger partial charge in [0.05, 0.1) is 18.6 Å². The fourth-order valence-corrected chi connectivity index (χ4v) is 3.63. The first-order valence-electron chi connectivity index (χ1n) is 9.02. The molecular formula is C20H25FN2O4S. The van der Waals surface area contributed by atoms with Gasteiger partial charge in [-0.15, -0.1) is 0 Å². The fraction of sp³-hybridized carbons (Fsp3) is 0.350. The van der Waals surface area contributed by atoms with Crippen molar-refractivity contribution < 1.29 is 22.3 Å². The van der Waals surface area contributed by atoms with Crippen LogP contribution >= 0.6 is 0 Å². The van der Waals surface area contributed by atoms with Crippen LogP contribution in [-0.2, 0) is 21.4 Å². The summed E-state index contributed by atoms with van der Waals surface area (Å²) in [4.78, 5) is 12.0. The number of sulfonamides is 1. The van der Waals surface area contributed by atoms with E-state index in [1.807, 2.05) is 6.92 Å². The maximum Gasteiger partial charge on any atom is 0.232 e. The van der Waals surface area contributed by atoms with E-state index in [1.165, 1.54) is 10.4 Å². The Bertz CT molecular complexity index is 885. The van der Waals surface area contributed by atoms with Crippen LogP contribution in [0.5, 0.6) is 5.75 Å². The molecule has 0 aliphatic rings. The van der Waals surface area contributed by atoms with E-state index in [1.54, 1.807) is 42.5 Å². The van der Waals surface area contributed by atoms with E-state index >= 15 is 0 Å². The Hall–Kier alpha value is -2.61. The summed E-state index contributed by atoms with van der Waals surface area (Å²) in [5.41, 5.74) is 0.917. The second kappa shape index (κ2) is 10.1. The standard InChI is InChI=1S/C20H25FN2O4S/c1-3-27-18-12-10-17(11-13-18)23(28(2,25)26)14-6-9-20(24)22-15-16-7-4-5-8-19(16)21/h4-5,7-8,10-13H,3,6,9,14-15H2,1-2H3,(H,22,24). The van der Waals surface area contributed by atoms with E-state index < -0.39 is 10.0 Å². The summed E-state index contributed by atoms with van der Waals surface area (Å²) >= 11 is 0. The molecule has 0 atom stereocenters. The lowest BCUT2D eigenvalue weighted by molar-refractivity contribution is -0.121. The first-order valence-corrected chi connectivity index (χ1v) is 10.9. The number of benzene rings is 2. The fourth-order valence-electron chi connectivity index (χ4n) is 2.67. The molecule has 0 saturated heterocycles. The predicted molar refractivity (Wildman–Crippen MR) is 107 cm³/mol. The molecule has 0 heterocycles. The number of halogens is 1. The highest BCUT2D eigenvalue weighted by Gasteiger charge is 2.17. The number of ether oxygens (including phenoxy) is 1. The molecule has 152 valence electrons. The summed E-state index contributed by atoms with van der Waals surface area (Å²) in [5, 5.41) is 2.65. The first-order chi connectivity index (χ1) is 13.3. The van der Waals surface area contributed by atoms with Gasteiger partial charge in [0.2, 0.25) is 15.9 Å². The van der Waals surface area contributed by atoms with E-state index in [4.69, 9.17) is 4.74 Å². The summed E-state index contributed by atoms with van der Waals surface area (Å²) in [5.74, 6) is 0.0252. The number of carbonyl (C=O) groups is 1. The van der Waals surface area contributed by atoms with Crippen LogP contribution in [0.4, 0.5) is 10.1 Å². The van der Waals surface area contributed by atoms with E-state index in [0.717, 1.165) is 6.26 Å². The predicted octanol–water partition coefficient (Wildman–Crippen LogP) is 3.09. The van der Waals surface area contributed by atoms with E-state index in [9.17, 15) is 17.6 Å². The van der Waals surface area contributed by atoms with Crippen molar-refractivity contribution in [1.29, 1.82) is 0 Å². The van der Waals surface area contributed by atoms with Crippen LogP contribution < -0.4 is 14.4 Å². The monoisotopic (exact) mass is 408 g/mol. The Balaban J connectivity index is 1.89. The molecule has 0 bridgehead atoms. The van der Waals surface area contributed by atoms with Gasteiger partial charge >= 0.3 is 0 Å². The van der Waals surface area contributed by atoms with Gasteiger partial charge in [0.1, 0.15) is 11.6 Å². The van der Waals surface area contributed by atoms with Crippen LogP contribution in [-0.4, -0.2) is 33.7 Å². The maximum atomic E-state index is 13.6. The van der Waals surface area contributed by atoms with Crippen molar-refractivity contribution in [3.8, 4) is 5.75 Å². The maximum absolute atomic E-state index is 13.6. The van der Waals surface area contributed by atoms with Crippen LogP contribution in [0.3, 0.4) is 0 Å². The molecule has 0 saturated carbocycles. The van der Waals surface area contributed by atoms with Crippen LogP contribution in [0.15, 0.2) is 48.5 Å². The molecule has 0 spiro atoms. The van der Waals surface area contributed by atoms with Crippen molar-refractivity contribution in [3.05, 3.63) is 59.9 Å². The Morgan fingerprint density at radius 1 is 1.14 bits per heavy atom. The Morgan fingerprint density at radius 2 is 1.82 bits per heavy atom. The molecule has 2 aromatic carbocycles. The van der Waals surface area contributed by atoms with Gasteiger partial charge in [0.15, 0.2) is 0 Å². The lowest BCUT2D eigenvalue weighted by Gasteiger charge is -2.22. The zero-order chi connectivity index (χ0) is 20.6. The smallest absolute Gasteiger partial charge is 0.232 e. The largest absolute Gasteiger partial charge is 0.494 e. The summed E-state index contributed by atoms with van der Waals surface area (Å²) < 4.78 is 44.4. The molecule has 0 aliphatic carbocycles. The van der Waals surface area contributed by atoms with Gasteiger partial charge in [-0.05, 0) is 43.7 Å². The Morgan fingerprint density at radius 3 is 2.43 bits per heavy atom. The molecule has 2 aromatic rings. The third-order valence-corrected chi connectivity index (χ3v) is 5.23. The van der Waals surface area contributed by atoms with Crippen molar-refractivity contribution in [2.45, 2.75) is 26.3 Å². The molecule has 0 fully saturated rings. The molecule has 0 aromatic heterocycles. The minimum atomic E-state index is -3.49. The van der Waals surface area contributed by atoms with Crippen molar-refractivity contribution in [1.82, 2.24) is 5.32 Å². The number of rotatable bonds is 10. The van der Waals surface area contributed by atoms with Crippen molar-refractivity contribution in [2.24, 2.45) is 0 Å². The number of hydrogen-bond donors (Lipinski definition) is 1. The Kier molecular flexibility index (Phi) is 7.80. The molecule has 0 unspecified atom stereocenters. The van der Waals surface area contributed by atoms with E-state index in [-0.39, 0.29) is 31.2 Å². The van der Waals surface area contributed by atoms with Crippen LogP contribution in [0.25, 0.3) is 0 Å². The minimum Gasteiger partial charge on any atom is -0.494 e. The first kappa shape index (κ1) is 21.7. The SMILES string of the molecule is CCOc1ccc(N(CCCC(=O)NCc2ccccc2F)S(C)(=O)=O)cc1. The van der Waals surface area contributed by atoms with Crippen molar-refractivity contribution in [3.63, 3.8) is 0 Å². The van der Waals surface area contributed by atoms with Gasteiger partial charge in [0, 0.05) is 25.1 Å². The van der Waals surface area contributed by atoms with Gasteiger partial charge in [-0.1, -0.05) is 18.2 Å². The highest BCUT2D eigenvalue weighted by Crippen LogP contribution is 2.22. The van der Waals surface area contributed by atoms with Gasteiger partial charge < -0.3 is 10.1 Å². The molecule has 2 rings (SSSR count). The zero-order valence-electron chi connectivity index (χ0n) is 16.0.